The van der Waals surface area contributed by atoms with Crippen LogP contribution in [0, 0.1) is 12.8 Å². The van der Waals surface area contributed by atoms with Crippen LogP contribution in [0.3, 0.4) is 0 Å². The molecule has 1 aromatic rings. The topological polar surface area (TPSA) is 75.1 Å². The number of amides is 1. The molecule has 1 amide bonds. The first-order chi connectivity index (χ1) is 15.9. The SMILES string of the molecule is CN=C/C(=C(\C)NC(C)=CC(C)=NCC1CCOCC1)c1ccc(C(=O)NC2CC2)c(C)c1. The quantitative estimate of drug-likeness (QED) is 0.536. The lowest BCUT2D eigenvalue weighted by Crippen LogP contribution is -2.26. The highest BCUT2D eigenvalue weighted by atomic mass is 16.5. The molecule has 1 saturated carbocycles. The van der Waals surface area contributed by atoms with E-state index in [1.165, 1.54) is 0 Å². The second-order valence-electron chi connectivity index (χ2n) is 9.19. The average molecular weight is 451 g/mol. The number of aliphatic imine (C=N–C) groups is 2. The van der Waals surface area contributed by atoms with E-state index in [0.717, 1.165) is 84.8 Å². The van der Waals surface area contributed by atoms with Gasteiger partial charge < -0.3 is 15.4 Å². The van der Waals surface area contributed by atoms with Crippen LogP contribution in [0.4, 0.5) is 0 Å². The van der Waals surface area contributed by atoms with Crippen molar-refractivity contribution in [1.29, 1.82) is 0 Å². The summed E-state index contributed by atoms with van der Waals surface area (Å²) in [5.74, 6) is 0.641. The molecule has 0 radical (unpaired) electrons. The number of nitrogens with zero attached hydrogens (tertiary/aromatic N) is 2. The summed E-state index contributed by atoms with van der Waals surface area (Å²) in [7, 11) is 1.77. The molecule has 1 aliphatic heterocycles. The summed E-state index contributed by atoms with van der Waals surface area (Å²) in [4.78, 5) is 21.5. The summed E-state index contributed by atoms with van der Waals surface area (Å²) in [5.41, 5.74) is 6.77. The first kappa shape index (κ1) is 24.9. The lowest BCUT2D eigenvalue weighted by molar-refractivity contribution is 0.0689. The normalized spacial score (nSPS) is 18.9. The molecule has 0 unspecified atom stereocenters. The molecule has 2 N–H and O–H groups in total. The Morgan fingerprint density at radius 2 is 1.88 bits per heavy atom. The van der Waals surface area contributed by atoms with Gasteiger partial charge in [0.05, 0.1) is 0 Å². The first-order valence-electron chi connectivity index (χ1n) is 12.0. The van der Waals surface area contributed by atoms with Crippen molar-refractivity contribution in [3.8, 4) is 0 Å². The highest BCUT2D eigenvalue weighted by molar-refractivity contribution is 6.11. The fourth-order valence-corrected chi connectivity index (χ4v) is 4.05. The minimum atomic E-state index is 0.0142. The van der Waals surface area contributed by atoms with Crippen LogP contribution in [0.5, 0.6) is 0 Å². The highest BCUT2D eigenvalue weighted by Crippen LogP contribution is 2.23. The van der Waals surface area contributed by atoms with Crippen LogP contribution in [-0.4, -0.2) is 50.7 Å². The Kier molecular flexibility index (Phi) is 9.01. The molecule has 0 atom stereocenters. The van der Waals surface area contributed by atoms with Gasteiger partial charge in [0.2, 0.25) is 0 Å². The van der Waals surface area contributed by atoms with Gasteiger partial charge >= 0.3 is 0 Å². The van der Waals surface area contributed by atoms with Gasteiger partial charge in [-0.3, -0.25) is 14.8 Å². The predicted molar refractivity (Wildman–Crippen MR) is 137 cm³/mol. The predicted octanol–water partition coefficient (Wildman–Crippen LogP) is 4.70. The molecule has 2 aliphatic rings. The van der Waals surface area contributed by atoms with Crippen molar-refractivity contribution < 1.29 is 9.53 Å². The summed E-state index contributed by atoms with van der Waals surface area (Å²) in [6, 6.07) is 6.32. The number of nitrogens with one attached hydrogen (secondary N) is 2. The van der Waals surface area contributed by atoms with E-state index in [9.17, 15) is 4.79 Å². The molecule has 6 heteroatoms. The van der Waals surface area contributed by atoms with Gasteiger partial charge in [0, 0.05) is 67.3 Å². The molecule has 178 valence electrons. The Labute approximate surface area is 198 Å². The second-order valence-corrected chi connectivity index (χ2v) is 9.19. The van der Waals surface area contributed by atoms with Crippen LogP contribution >= 0.6 is 0 Å². The number of aryl methyl sites for hydroxylation is 1. The van der Waals surface area contributed by atoms with Gasteiger partial charge in [-0.05, 0) is 82.6 Å². The third-order valence-corrected chi connectivity index (χ3v) is 6.11. The number of carbonyl (C=O) groups is 1. The van der Waals surface area contributed by atoms with Gasteiger partial charge in [0.1, 0.15) is 0 Å². The van der Waals surface area contributed by atoms with Crippen molar-refractivity contribution in [2.75, 3.05) is 26.8 Å². The number of allylic oxidation sites excluding steroid dienone is 4. The van der Waals surface area contributed by atoms with E-state index in [-0.39, 0.29) is 5.91 Å². The van der Waals surface area contributed by atoms with Gasteiger partial charge in [-0.25, -0.2) is 0 Å². The molecule has 3 rings (SSSR count). The van der Waals surface area contributed by atoms with Crippen LogP contribution in [0.2, 0.25) is 0 Å². The zero-order chi connectivity index (χ0) is 23.8. The van der Waals surface area contributed by atoms with Crippen LogP contribution < -0.4 is 10.6 Å². The van der Waals surface area contributed by atoms with Crippen molar-refractivity contribution in [2.45, 2.75) is 59.4 Å². The van der Waals surface area contributed by atoms with E-state index in [1.54, 1.807) is 7.05 Å². The summed E-state index contributed by atoms with van der Waals surface area (Å²) >= 11 is 0. The van der Waals surface area contributed by atoms with Crippen molar-refractivity contribution >= 4 is 23.4 Å². The van der Waals surface area contributed by atoms with Gasteiger partial charge in [0.25, 0.3) is 5.91 Å². The monoisotopic (exact) mass is 450 g/mol. The lowest BCUT2D eigenvalue weighted by Gasteiger charge is -2.20. The minimum Gasteiger partial charge on any atom is -0.381 e. The van der Waals surface area contributed by atoms with Gasteiger partial charge in [-0.2, -0.15) is 0 Å². The number of benzene rings is 1. The zero-order valence-corrected chi connectivity index (χ0v) is 20.7. The number of hydrogen-bond donors (Lipinski definition) is 2. The van der Waals surface area contributed by atoms with Gasteiger partial charge in [-0.1, -0.05) is 12.1 Å². The number of hydrogen-bond acceptors (Lipinski definition) is 5. The first-order valence-corrected chi connectivity index (χ1v) is 12.0. The van der Waals surface area contributed by atoms with Crippen LogP contribution in [-0.2, 0) is 4.74 Å². The summed E-state index contributed by atoms with van der Waals surface area (Å²) in [6.07, 6.45) is 8.31. The highest BCUT2D eigenvalue weighted by Gasteiger charge is 2.24. The van der Waals surface area contributed by atoms with E-state index in [4.69, 9.17) is 9.73 Å². The molecule has 2 fully saturated rings. The molecule has 6 nitrogen and oxygen atoms in total. The maximum absolute atomic E-state index is 12.5. The summed E-state index contributed by atoms with van der Waals surface area (Å²) in [5, 5.41) is 6.56. The average Bonchev–Trinajstić information content (AvgIpc) is 3.60. The Hall–Kier alpha value is -2.73. The molecule has 1 saturated heterocycles. The smallest absolute Gasteiger partial charge is 0.251 e. The van der Waals surface area contributed by atoms with Crippen molar-refractivity contribution in [3.63, 3.8) is 0 Å². The largest absolute Gasteiger partial charge is 0.381 e. The lowest BCUT2D eigenvalue weighted by atomic mass is 9.98. The minimum absolute atomic E-state index is 0.0142. The molecule has 1 aromatic carbocycles. The van der Waals surface area contributed by atoms with Gasteiger partial charge in [0.15, 0.2) is 0 Å². The molecule has 0 spiro atoms. The van der Waals surface area contributed by atoms with E-state index in [2.05, 4.69) is 27.8 Å². The Morgan fingerprint density at radius 1 is 1.15 bits per heavy atom. The van der Waals surface area contributed by atoms with Crippen LogP contribution in [0.25, 0.3) is 5.57 Å². The number of carbonyl (C=O) groups excluding carboxylic acids is 1. The van der Waals surface area contributed by atoms with Crippen LogP contribution in [0.15, 0.2) is 45.7 Å². The molecular weight excluding hydrogens is 412 g/mol. The van der Waals surface area contributed by atoms with Crippen LogP contribution in [0.1, 0.15) is 67.9 Å². The maximum atomic E-state index is 12.5. The van der Waals surface area contributed by atoms with E-state index >= 15 is 0 Å². The third kappa shape index (κ3) is 7.67. The second kappa shape index (κ2) is 11.9. The molecular formula is C27H38N4O2. The number of rotatable bonds is 9. The van der Waals surface area contributed by atoms with E-state index in [1.807, 2.05) is 46.0 Å². The zero-order valence-electron chi connectivity index (χ0n) is 20.7. The summed E-state index contributed by atoms with van der Waals surface area (Å²) in [6.45, 7) is 10.7. The van der Waals surface area contributed by atoms with Crippen molar-refractivity contribution in [1.82, 2.24) is 10.6 Å². The van der Waals surface area contributed by atoms with Gasteiger partial charge in [-0.15, -0.1) is 0 Å². The Bertz CT molecular complexity index is 964. The van der Waals surface area contributed by atoms with E-state index in [0.29, 0.717) is 12.0 Å². The summed E-state index contributed by atoms with van der Waals surface area (Å²) < 4.78 is 5.43. The Balaban J connectivity index is 1.71. The molecule has 0 bridgehead atoms. The molecule has 1 heterocycles. The molecule has 0 aromatic heterocycles. The third-order valence-electron chi connectivity index (χ3n) is 6.11. The van der Waals surface area contributed by atoms with E-state index < -0.39 is 0 Å². The molecule has 33 heavy (non-hydrogen) atoms. The number of ether oxygens (including phenoxy) is 1. The fourth-order valence-electron chi connectivity index (χ4n) is 4.05. The van der Waals surface area contributed by atoms with Crippen molar-refractivity contribution in [3.05, 3.63) is 52.4 Å². The maximum Gasteiger partial charge on any atom is 0.251 e. The Morgan fingerprint density at radius 3 is 2.52 bits per heavy atom. The molecule has 1 aliphatic carbocycles. The fraction of sp³-hybridized carbons (Fsp3) is 0.519. The van der Waals surface area contributed by atoms with Crippen molar-refractivity contribution in [2.24, 2.45) is 15.9 Å². The standard InChI is InChI=1S/C27H38N4O2/c1-18-14-23(6-9-25(18)27(32)31-24-7-8-24)26(17-28-5)21(4)30-20(3)15-19(2)29-16-22-10-12-33-13-11-22/h6,9,14-15,17,22,24,30H,7-8,10-13,16H2,1-5H3,(H,31,32)/b20-15?,26-21-,28-17?,29-19?.